The predicted octanol–water partition coefficient (Wildman–Crippen LogP) is 4.59. The summed E-state index contributed by atoms with van der Waals surface area (Å²) in [4.78, 5) is 11.0. The molecule has 0 aromatic carbocycles. The van der Waals surface area contributed by atoms with Crippen LogP contribution in [0.15, 0.2) is 35.2 Å². The number of hydrogen-bond acceptors (Lipinski definition) is 3. The van der Waals surface area contributed by atoms with Gasteiger partial charge in [0.2, 0.25) is 0 Å². The smallest absolute Gasteiger partial charge is 0.434 e. The third-order valence-corrected chi connectivity index (χ3v) is 2.75. The summed E-state index contributed by atoms with van der Waals surface area (Å²) in [6.45, 7) is 0. The number of hydrogen-bond donors (Lipinski definition) is 0. The van der Waals surface area contributed by atoms with Crippen LogP contribution in [0.3, 0.4) is 0 Å². The highest BCUT2D eigenvalue weighted by Gasteiger charge is 2.59. The minimum absolute atomic E-state index is 0.329. The Bertz CT molecular complexity index is 488. The minimum atomic E-state index is -5.70. The van der Waals surface area contributed by atoms with Crippen molar-refractivity contribution in [3.63, 3.8) is 0 Å². The Kier molecular flexibility index (Phi) is 6.71. The van der Waals surface area contributed by atoms with Gasteiger partial charge in [0.15, 0.2) is 0 Å². The van der Waals surface area contributed by atoms with Gasteiger partial charge in [-0.2, -0.15) is 26.3 Å². The quantitative estimate of drug-likeness (QED) is 0.314. The van der Waals surface area contributed by atoms with Crippen LogP contribution < -0.4 is 0 Å². The average molecular weight is 344 g/mol. The van der Waals surface area contributed by atoms with E-state index in [-0.39, 0.29) is 0 Å². The molecule has 0 aliphatic heterocycles. The van der Waals surface area contributed by atoms with Crippen LogP contribution in [0, 0.1) is 0 Å². The highest BCUT2D eigenvalue weighted by atomic mass is 19.4. The Hall–Kier alpha value is -1.93. The fourth-order valence-corrected chi connectivity index (χ4v) is 1.68. The third kappa shape index (κ3) is 7.25. The van der Waals surface area contributed by atoms with Crippen molar-refractivity contribution in [2.45, 2.75) is 44.1 Å². The SMILES string of the molecule is O=C(/C=C\CCCCc1ccoc1)OC(C(F)(F)F)C(F)(F)F. The largest absolute Gasteiger partial charge is 0.472 e. The van der Waals surface area contributed by atoms with E-state index in [0.29, 0.717) is 18.9 Å². The number of carbonyl (C=O) groups is 1. The van der Waals surface area contributed by atoms with Gasteiger partial charge in [-0.05, 0) is 37.3 Å². The Morgan fingerprint density at radius 3 is 2.35 bits per heavy atom. The van der Waals surface area contributed by atoms with E-state index in [1.165, 1.54) is 12.3 Å². The minimum Gasteiger partial charge on any atom is -0.472 e. The molecule has 0 bridgehead atoms. The summed E-state index contributed by atoms with van der Waals surface area (Å²) in [6, 6.07) is 1.78. The lowest BCUT2D eigenvalue weighted by atomic mass is 10.1. The summed E-state index contributed by atoms with van der Waals surface area (Å²) in [5.74, 6) is -1.68. The molecule has 0 unspecified atom stereocenters. The summed E-state index contributed by atoms with van der Waals surface area (Å²) in [7, 11) is 0. The standard InChI is InChI=1S/C14H14F6O3/c15-13(16,17)12(14(18,19)20)23-11(21)6-4-2-1-3-5-10-7-8-22-9-10/h4,6-9,12H,1-3,5H2/b6-4-. The van der Waals surface area contributed by atoms with E-state index in [9.17, 15) is 31.1 Å². The number of esters is 1. The Labute approximate surface area is 127 Å². The topological polar surface area (TPSA) is 39.4 Å². The summed E-state index contributed by atoms with van der Waals surface area (Å²) >= 11 is 0. The molecule has 3 nitrogen and oxygen atoms in total. The molecule has 0 atom stereocenters. The van der Waals surface area contributed by atoms with Gasteiger partial charge >= 0.3 is 18.3 Å². The van der Waals surface area contributed by atoms with Crippen molar-refractivity contribution in [2.24, 2.45) is 0 Å². The van der Waals surface area contributed by atoms with Crippen LogP contribution in [0.1, 0.15) is 24.8 Å². The van der Waals surface area contributed by atoms with Gasteiger partial charge in [0.25, 0.3) is 6.10 Å². The Balaban J connectivity index is 2.34. The Morgan fingerprint density at radius 2 is 1.83 bits per heavy atom. The molecule has 0 aliphatic rings. The molecule has 1 aromatic heterocycles. The molecule has 9 heteroatoms. The van der Waals surface area contributed by atoms with E-state index in [4.69, 9.17) is 4.42 Å². The van der Waals surface area contributed by atoms with Crippen LogP contribution in [0.5, 0.6) is 0 Å². The number of ether oxygens (including phenoxy) is 1. The lowest BCUT2D eigenvalue weighted by molar-refractivity contribution is -0.312. The molecular formula is C14H14F6O3. The van der Waals surface area contributed by atoms with Crippen LogP contribution >= 0.6 is 0 Å². The predicted molar refractivity (Wildman–Crippen MR) is 67.4 cm³/mol. The van der Waals surface area contributed by atoms with Crippen LogP contribution in [-0.2, 0) is 16.0 Å². The lowest BCUT2D eigenvalue weighted by Crippen LogP contribution is -2.45. The summed E-state index contributed by atoms with van der Waals surface area (Å²) in [5.41, 5.74) is 0.978. The van der Waals surface area contributed by atoms with Crippen LogP contribution in [0.2, 0.25) is 0 Å². The summed E-state index contributed by atoms with van der Waals surface area (Å²) in [5, 5.41) is 0. The van der Waals surface area contributed by atoms with Crippen LogP contribution in [0.25, 0.3) is 0 Å². The molecule has 23 heavy (non-hydrogen) atoms. The van der Waals surface area contributed by atoms with Crippen molar-refractivity contribution in [1.82, 2.24) is 0 Å². The first-order chi connectivity index (χ1) is 10.6. The second kappa shape index (κ2) is 8.07. The number of carbonyl (C=O) groups excluding carboxylic acids is 1. The molecule has 130 valence electrons. The van der Waals surface area contributed by atoms with Crippen LogP contribution in [-0.4, -0.2) is 24.4 Å². The molecule has 1 rings (SSSR count). The first kappa shape index (κ1) is 19.1. The highest BCUT2D eigenvalue weighted by molar-refractivity contribution is 5.82. The maximum Gasteiger partial charge on any atom is 0.434 e. The first-order valence-electron chi connectivity index (χ1n) is 6.62. The van der Waals surface area contributed by atoms with Crippen molar-refractivity contribution in [3.05, 3.63) is 36.3 Å². The molecule has 0 aliphatic carbocycles. The van der Waals surface area contributed by atoms with E-state index in [0.717, 1.165) is 18.4 Å². The van der Waals surface area contributed by atoms with Gasteiger partial charge in [0.05, 0.1) is 12.5 Å². The zero-order valence-electron chi connectivity index (χ0n) is 11.8. The first-order valence-corrected chi connectivity index (χ1v) is 6.62. The molecule has 0 N–H and O–H groups in total. The Morgan fingerprint density at radius 1 is 1.17 bits per heavy atom. The zero-order valence-corrected chi connectivity index (χ0v) is 11.8. The third-order valence-electron chi connectivity index (χ3n) is 2.75. The maximum absolute atomic E-state index is 12.2. The van der Waals surface area contributed by atoms with Gasteiger partial charge in [0, 0.05) is 6.08 Å². The summed E-state index contributed by atoms with van der Waals surface area (Å²) < 4.78 is 81.3. The number of aryl methyl sites for hydroxylation is 1. The second-order valence-corrected chi connectivity index (χ2v) is 4.68. The van der Waals surface area contributed by atoms with E-state index < -0.39 is 24.4 Å². The normalized spacial score (nSPS) is 13.0. The van der Waals surface area contributed by atoms with Crippen molar-refractivity contribution in [2.75, 3.05) is 0 Å². The lowest BCUT2D eigenvalue weighted by Gasteiger charge is -2.22. The number of rotatable bonds is 7. The van der Waals surface area contributed by atoms with E-state index >= 15 is 0 Å². The van der Waals surface area contributed by atoms with Gasteiger partial charge in [-0.1, -0.05) is 6.08 Å². The number of furan rings is 1. The molecular weight excluding hydrogens is 330 g/mol. The second-order valence-electron chi connectivity index (χ2n) is 4.68. The molecule has 0 fully saturated rings. The fourth-order valence-electron chi connectivity index (χ4n) is 1.68. The molecule has 0 saturated heterocycles. The van der Waals surface area contributed by atoms with Crippen molar-refractivity contribution in [1.29, 1.82) is 0 Å². The number of unbranched alkanes of at least 4 members (excludes halogenated alkanes) is 2. The van der Waals surface area contributed by atoms with Gasteiger partial charge in [-0.15, -0.1) is 0 Å². The summed E-state index contributed by atoms with van der Waals surface area (Å²) in [6.07, 6.45) is -8.29. The van der Waals surface area contributed by atoms with E-state index in [1.54, 1.807) is 12.3 Å². The van der Waals surface area contributed by atoms with Crippen molar-refractivity contribution in [3.8, 4) is 0 Å². The molecule has 0 spiro atoms. The molecule has 1 aromatic rings. The van der Waals surface area contributed by atoms with Crippen LogP contribution in [0.4, 0.5) is 26.3 Å². The van der Waals surface area contributed by atoms with E-state index in [2.05, 4.69) is 4.74 Å². The maximum atomic E-state index is 12.2. The van der Waals surface area contributed by atoms with Gasteiger partial charge in [-0.3, -0.25) is 0 Å². The van der Waals surface area contributed by atoms with Gasteiger partial charge in [-0.25, -0.2) is 4.79 Å². The monoisotopic (exact) mass is 344 g/mol. The number of allylic oxidation sites excluding steroid dienone is 1. The zero-order chi connectivity index (χ0) is 17.5. The fraction of sp³-hybridized carbons (Fsp3) is 0.500. The highest BCUT2D eigenvalue weighted by Crippen LogP contribution is 2.35. The molecule has 1 heterocycles. The molecule has 0 radical (unpaired) electrons. The van der Waals surface area contributed by atoms with Gasteiger partial charge < -0.3 is 9.15 Å². The van der Waals surface area contributed by atoms with Gasteiger partial charge in [0.1, 0.15) is 0 Å². The molecule has 0 amide bonds. The number of halogens is 6. The number of alkyl halides is 6. The van der Waals surface area contributed by atoms with E-state index in [1.807, 2.05) is 0 Å². The van der Waals surface area contributed by atoms with Crippen molar-refractivity contribution < 1.29 is 40.3 Å². The molecule has 0 saturated carbocycles. The average Bonchev–Trinajstić information content (AvgIpc) is 2.90. The van der Waals surface area contributed by atoms with Crippen molar-refractivity contribution >= 4 is 5.97 Å².